The van der Waals surface area contributed by atoms with E-state index in [0.717, 1.165) is 6.42 Å². The van der Waals surface area contributed by atoms with Crippen LogP contribution >= 0.6 is 11.6 Å². The number of halogens is 1. The van der Waals surface area contributed by atoms with E-state index < -0.39 is 0 Å². The van der Waals surface area contributed by atoms with Crippen LogP contribution in [0, 0.1) is 0 Å². The van der Waals surface area contributed by atoms with Crippen LogP contribution in [-0.2, 0) is 0 Å². The lowest BCUT2D eigenvalue weighted by Gasteiger charge is -2.29. The first-order chi connectivity index (χ1) is 4.54. The summed E-state index contributed by atoms with van der Waals surface area (Å²) >= 11 is 5.79. The second-order valence-corrected chi connectivity index (χ2v) is 3.61. The lowest BCUT2D eigenvalue weighted by atomic mass is 10.0. The van der Waals surface area contributed by atoms with E-state index >= 15 is 0 Å². The quantitative estimate of drug-likeness (QED) is 0.628. The Balaban J connectivity index is 3.80. The van der Waals surface area contributed by atoms with Gasteiger partial charge in [-0.2, -0.15) is 0 Å². The molecule has 0 spiro atoms. The average Bonchev–Trinajstić information content (AvgIpc) is 1.87. The molecule has 0 radical (unpaired) electrons. The minimum absolute atomic E-state index is 0.121. The van der Waals surface area contributed by atoms with Gasteiger partial charge in [0.1, 0.15) is 0 Å². The summed E-state index contributed by atoms with van der Waals surface area (Å²) in [5, 5.41) is 3.42. The van der Waals surface area contributed by atoms with Gasteiger partial charge in [-0.3, -0.25) is 0 Å². The fourth-order valence-electron chi connectivity index (χ4n) is 0.932. The van der Waals surface area contributed by atoms with E-state index in [2.05, 4.69) is 33.0 Å². The van der Waals surface area contributed by atoms with Gasteiger partial charge in [0.15, 0.2) is 0 Å². The highest BCUT2D eigenvalue weighted by Crippen LogP contribution is 2.11. The zero-order valence-corrected chi connectivity index (χ0v) is 8.13. The Kier molecular flexibility index (Phi) is 4.30. The Morgan fingerprint density at radius 2 is 2.00 bits per heavy atom. The molecule has 0 aromatic heterocycles. The summed E-state index contributed by atoms with van der Waals surface area (Å²) < 4.78 is 0. The zero-order valence-electron chi connectivity index (χ0n) is 7.37. The molecule has 0 aromatic rings. The lowest BCUT2D eigenvalue weighted by molar-refractivity contribution is 0.349. The molecule has 0 saturated heterocycles. The predicted molar refractivity (Wildman–Crippen MR) is 47.7 cm³/mol. The number of alkyl halides is 1. The maximum absolute atomic E-state index is 5.79. The highest BCUT2D eigenvalue weighted by atomic mass is 35.5. The molecule has 0 fully saturated rings. The van der Waals surface area contributed by atoms with Crippen molar-refractivity contribution in [2.75, 3.05) is 5.88 Å². The molecule has 0 bridgehead atoms. The van der Waals surface area contributed by atoms with Gasteiger partial charge >= 0.3 is 0 Å². The van der Waals surface area contributed by atoms with E-state index in [4.69, 9.17) is 11.6 Å². The summed E-state index contributed by atoms with van der Waals surface area (Å²) in [6, 6.07) is 0.517. The summed E-state index contributed by atoms with van der Waals surface area (Å²) in [6.45, 7) is 8.58. The maximum atomic E-state index is 5.79. The van der Waals surface area contributed by atoms with Gasteiger partial charge in [0.2, 0.25) is 0 Å². The molecule has 1 nitrogen and oxygen atoms in total. The molecular formula is C8H18ClN. The molecule has 0 aliphatic carbocycles. The van der Waals surface area contributed by atoms with Gasteiger partial charge < -0.3 is 5.32 Å². The van der Waals surface area contributed by atoms with Crippen molar-refractivity contribution in [3.8, 4) is 0 Å². The maximum Gasteiger partial charge on any atom is 0.0403 e. The van der Waals surface area contributed by atoms with Crippen LogP contribution in [0.15, 0.2) is 0 Å². The van der Waals surface area contributed by atoms with Crippen molar-refractivity contribution >= 4 is 11.6 Å². The van der Waals surface area contributed by atoms with Crippen LogP contribution in [0.2, 0.25) is 0 Å². The van der Waals surface area contributed by atoms with E-state index in [-0.39, 0.29) is 5.54 Å². The third-order valence-corrected chi connectivity index (χ3v) is 2.30. The Hall–Kier alpha value is 0.250. The number of rotatable bonds is 4. The average molecular weight is 164 g/mol. The molecule has 1 atom stereocenters. The molecule has 0 aliphatic rings. The van der Waals surface area contributed by atoms with E-state index in [1.54, 1.807) is 0 Å². The summed E-state index contributed by atoms with van der Waals surface area (Å²) in [4.78, 5) is 0. The second kappa shape index (κ2) is 4.20. The van der Waals surface area contributed by atoms with Crippen molar-refractivity contribution in [2.45, 2.75) is 45.7 Å². The van der Waals surface area contributed by atoms with Crippen LogP contribution in [0.1, 0.15) is 34.1 Å². The van der Waals surface area contributed by atoms with Crippen LogP contribution in [0.3, 0.4) is 0 Å². The lowest BCUT2D eigenvalue weighted by Crippen LogP contribution is -2.47. The second-order valence-electron chi connectivity index (χ2n) is 3.35. The topological polar surface area (TPSA) is 12.0 Å². The molecule has 0 saturated carbocycles. The first-order valence-corrected chi connectivity index (χ1v) is 4.41. The summed E-state index contributed by atoms with van der Waals surface area (Å²) in [5.41, 5.74) is 0.121. The molecule has 0 aromatic carbocycles. The van der Waals surface area contributed by atoms with Gasteiger partial charge in [-0.1, -0.05) is 20.8 Å². The van der Waals surface area contributed by atoms with Crippen molar-refractivity contribution in [3.63, 3.8) is 0 Å². The molecular weight excluding hydrogens is 146 g/mol. The first kappa shape index (κ1) is 10.2. The first-order valence-electron chi connectivity index (χ1n) is 3.87. The van der Waals surface area contributed by atoms with Crippen molar-refractivity contribution in [2.24, 2.45) is 0 Å². The van der Waals surface area contributed by atoms with Gasteiger partial charge in [0.05, 0.1) is 0 Å². The molecule has 0 aliphatic heterocycles. The van der Waals surface area contributed by atoms with E-state index in [1.807, 2.05) is 0 Å². The molecule has 62 valence electrons. The van der Waals surface area contributed by atoms with Crippen LogP contribution < -0.4 is 5.32 Å². The monoisotopic (exact) mass is 163 g/mol. The molecule has 10 heavy (non-hydrogen) atoms. The summed E-state index contributed by atoms with van der Waals surface area (Å²) in [6.07, 6.45) is 1.08. The van der Waals surface area contributed by atoms with Gasteiger partial charge in [-0.15, -0.1) is 11.6 Å². The van der Waals surface area contributed by atoms with E-state index in [0.29, 0.717) is 11.9 Å². The Bertz CT molecular complexity index is 87.3. The molecule has 0 amide bonds. The van der Waals surface area contributed by atoms with Crippen LogP contribution in [0.25, 0.3) is 0 Å². The zero-order chi connectivity index (χ0) is 8.20. The predicted octanol–water partition coefficient (Wildman–Crippen LogP) is 2.39. The highest BCUT2D eigenvalue weighted by Gasteiger charge is 2.20. The van der Waals surface area contributed by atoms with Gasteiger partial charge in [-0.25, -0.2) is 0 Å². The molecule has 1 N–H and O–H groups in total. The third-order valence-electron chi connectivity index (χ3n) is 1.71. The molecule has 0 rings (SSSR count). The van der Waals surface area contributed by atoms with Gasteiger partial charge in [0, 0.05) is 17.5 Å². The molecule has 0 heterocycles. The Morgan fingerprint density at radius 3 is 2.10 bits per heavy atom. The standard InChI is InChI=1S/C8H18ClN/c1-5-8(4,6-9)10-7(2)3/h7,10H,5-6H2,1-4H3. The number of hydrogen-bond acceptors (Lipinski definition) is 1. The van der Waals surface area contributed by atoms with Crippen molar-refractivity contribution in [1.29, 1.82) is 0 Å². The van der Waals surface area contributed by atoms with E-state index in [1.165, 1.54) is 0 Å². The number of nitrogens with one attached hydrogen (secondary N) is 1. The summed E-state index contributed by atoms with van der Waals surface area (Å²) in [5.74, 6) is 0.682. The fraction of sp³-hybridized carbons (Fsp3) is 1.00. The van der Waals surface area contributed by atoms with Crippen molar-refractivity contribution < 1.29 is 0 Å². The largest absolute Gasteiger partial charge is 0.308 e. The minimum Gasteiger partial charge on any atom is -0.308 e. The summed E-state index contributed by atoms with van der Waals surface area (Å²) in [7, 11) is 0. The molecule has 2 heteroatoms. The van der Waals surface area contributed by atoms with E-state index in [9.17, 15) is 0 Å². The Morgan fingerprint density at radius 1 is 1.50 bits per heavy atom. The van der Waals surface area contributed by atoms with Gasteiger partial charge in [-0.05, 0) is 13.3 Å². The van der Waals surface area contributed by atoms with Crippen LogP contribution in [0.4, 0.5) is 0 Å². The van der Waals surface area contributed by atoms with Crippen molar-refractivity contribution in [3.05, 3.63) is 0 Å². The van der Waals surface area contributed by atoms with Crippen LogP contribution in [-0.4, -0.2) is 17.5 Å². The minimum atomic E-state index is 0.121. The smallest absolute Gasteiger partial charge is 0.0403 e. The SMILES string of the molecule is CCC(C)(CCl)NC(C)C. The third kappa shape index (κ3) is 3.43. The molecule has 1 unspecified atom stereocenters. The Labute approximate surface area is 69.1 Å². The van der Waals surface area contributed by atoms with Crippen molar-refractivity contribution in [1.82, 2.24) is 5.32 Å². The highest BCUT2D eigenvalue weighted by molar-refractivity contribution is 6.18. The van der Waals surface area contributed by atoms with Crippen LogP contribution in [0.5, 0.6) is 0 Å². The fourth-order valence-corrected chi connectivity index (χ4v) is 1.20. The normalized spacial score (nSPS) is 17.4. The number of hydrogen-bond donors (Lipinski definition) is 1. The van der Waals surface area contributed by atoms with Gasteiger partial charge in [0.25, 0.3) is 0 Å².